The number of nitrogens with one attached hydrogen (secondary N) is 1. The summed E-state index contributed by atoms with van der Waals surface area (Å²) in [6, 6.07) is 12.9. The Morgan fingerprint density at radius 3 is 2.38 bits per heavy atom. The van der Waals surface area contributed by atoms with Crippen LogP contribution in [-0.4, -0.2) is 29.8 Å². The first-order valence-corrected chi connectivity index (χ1v) is 9.10. The Hall–Kier alpha value is -1.89. The number of hydrogen-bond acceptors (Lipinski definition) is 2. The van der Waals surface area contributed by atoms with Crippen molar-refractivity contribution >= 4 is 40.1 Å². The predicted molar refractivity (Wildman–Crippen MR) is 103 cm³/mol. The summed E-state index contributed by atoms with van der Waals surface area (Å²) < 4.78 is 0.898. The van der Waals surface area contributed by atoms with Crippen LogP contribution in [0.2, 0.25) is 0 Å². The second-order valence-corrected chi connectivity index (χ2v) is 7.07. The smallest absolute Gasteiger partial charge is 0.256 e. The molecule has 2 aromatic carbocycles. The predicted octanol–water partition coefficient (Wildman–Crippen LogP) is 4.09. The summed E-state index contributed by atoms with van der Waals surface area (Å²) in [5, 5.41) is 2.94. The molecule has 124 valence electrons. The van der Waals surface area contributed by atoms with Crippen molar-refractivity contribution in [3.8, 4) is 0 Å². The van der Waals surface area contributed by atoms with E-state index in [0.717, 1.165) is 35.1 Å². The van der Waals surface area contributed by atoms with Gasteiger partial charge in [-0.3, -0.25) is 9.59 Å². The molecule has 0 bridgehead atoms. The number of amides is 2. The second kappa shape index (κ2) is 7.34. The average Bonchev–Trinajstić information content (AvgIpc) is 3.11. The van der Waals surface area contributed by atoms with Gasteiger partial charge in [0, 0.05) is 27.9 Å². The van der Waals surface area contributed by atoms with E-state index >= 15 is 0 Å². The number of benzene rings is 2. The highest BCUT2D eigenvalue weighted by Crippen LogP contribution is 2.23. The van der Waals surface area contributed by atoms with E-state index in [0.29, 0.717) is 16.8 Å². The van der Waals surface area contributed by atoms with Crippen molar-refractivity contribution < 1.29 is 9.59 Å². The fourth-order valence-corrected chi connectivity index (χ4v) is 3.56. The van der Waals surface area contributed by atoms with Crippen LogP contribution < -0.4 is 5.32 Å². The Kier molecular flexibility index (Phi) is 5.18. The Morgan fingerprint density at radius 2 is 1.67 bits per heavy atom. The topological polar surface area (TPSA) is 49.4 Å². The summed E-state index contributed by atoms with van der Waals surface area (Å²) in [6.07, 6.45) is 2.13. The van der Waals surface area contributed by atoms with Gasteiger partial charge in [0.25, 0.3) is 11.8 Å². The Balaban J connectivity index is 1.84. The third-order valence-corrected chi connectivity index (χ3v) is 5.26. The van der Waals surface area contributed by atoms with Crippen molar-refractivity contribution in [1.29, 1.82) is 0 Å². The molecule has 0 aromatic heterocycles. The molecule has 0 spiro atoms. The van der Waals surface area contributed by atoms with Gasteiger partial charge in [0.05, 0.1) is 5.56 Å². The van der Waals surface area contributed by atoms with Crippen LogP contribution in [0.5, 0.6) is 0 Å². The van der Waals surface area contributed by atoms with E-state index in [1.54, 1.807) is 6.07 Å². The highest BCUT2D eigenvalue weighted by atomic mass is 127. The third-order valence-electron chi connectivity index (χ3n) is 4.32. The van der Waals surface area contributed by atoms with Crippen LogP contribution in [0.4, 0.5) is 5.69 Å². The lowest BCUT2D eigenvalue weighted by molar-refractivity contribution is 0.0791. The molecule has 1 N–H and O–H groups in total. The molecule has 2 aromatic rings. The monoisotopic (exact) mass is 434 g/mol. The minimum Gasteiger partial charge on any atom is -0.339 e. The van der Waals surface area contributed by atoms with Crippen molar-refractivity contribution in [2.24, 2.45) is 0 Å². The first-order valence-electron chi connectivity index (χ1n) is 8.02. The van der Waals surface area contributed by atoms with Crippen molar-refractivity contribution in [2.75, 3.05) is 18.4 Å². The maximum atomic E-state index is 12.6. The van der Waals surface area contributed by atoms with Crippen LogP contribution in [-0.2, 0) is 0 Å². The van der Waals surface area contributed by atoms with Crippen LogP contribution in [0, 0.1) is 10.5 Å². The number of carbonyl (C=O) groups is 2. The molecule has 0 unspecified atom stereocenters. The quantitative estimate of drug-likeness (QED) is 0.741. The number of hydrogen-bond donors (Lipinski definition) is 1. The van der Waals surface area contributed by atoms with Gasteiger partial charge >= 0.3 is 0 Å². The lowest BCUT2D eigenvalue weighted by atomic mass is 10.0. The van der Waals surface area contributed by atoms with Gasteiger partial charge in [-0.1, -0.05) is 18.2 Å². The maximum absolute atomic E-state index is 12.6. The number of nitrogens with zero attached hydrogens (tertiary/aromatic N) is 1. The number of anilines is 1. The molecule has 1 heterocycles. The molecule has 1 aliphatic rings. The summed E-state index contributed by atoms with van der Waals surface area (Å²) >= 11 is 2.15. The first-order chi connectivity index (χ1) is 11.6. The molecule has 4 nitrogen and oxygen atoms in total. The van der Waals surface area contributed by atoms with Gasteiger partial charge in [-0.15, -0.1) is 0 Å². The number of halogens is 1. The standard InChI is InChI=1S/C19H19IN2O2/c1-13-14(19(24)22-11-4-5-12-22)8-6-10-17(13)21-18(23)15-7-2-3-9-16(15)20/h2-3,6-10H,4-5,11-12H2,1H3,(H,21,23). The Bertz CT molecular complexity index is 783. The zero-order chi connectivity index (χ0) is 17.1. The molecular formula is C19H19IN2O2. The number of carbonyl (C=O) groups excluding carboxylic acids is 2. The summed E-state index contributed by atoms with van der Waals surface area (Å²) in [6.45, 7) is 3.52. The zero-order valence-corrected chi connectivity index (χ0v) is 15.7. The van der Waals surface area contributed by atoms with Crippen molar-refractivity contribution in [3.63, 3.8) is 0 Å². The van der Waals surface area contributed by atoms with Crippen molar-refractivity contribution in [1.82, 2.24) is 4.90 Å². The largest absolute Gasteiger partial charge is 0.339 e. The molecule has 0 atom stereocenters. The lowest BCUT2D eigenvalue weighted by Gasteiger charge is -2.18. The van der Waals surface area contributed by atoms with Crippen LogP contribution in [0.3, 0.4) is 0 Å². The van der Waals surface area contributed by atoms with E-state index < -0.39 is 0 Å². The van der Waals surface area contributed by atoms with E-state index in [1.807, 2.05) is 48.2 Å². The van der Waals surface area contributed by atoms with Crippen LogP contribution >= 0.6 is 22.6 Å². The van der Waals surface area contributed by atoms with E-state index in [2.05, 4.69) is 27.9 Å². The molecule has 1 saturated heterocycles. The minimum absolute atomic E-state index is 0.0513. The summed E-state index contributed by atoms with van der Waals surface area (Å²) in [7, 11) is 0. The fourth-order valence-electron chi connectivity index (χ4n) is 2.93. The minimum atomic E-state index is -0.158. The highest BCUT2D eigenvalue weighted by Gasteiger charge is 2.22. The van der Waals surface area contributed by atoms with Gasteiger partial charge in [0.1, 0.15) is 0 Å². The van der Waals surface area contributed by atoms with Gasteiger partial charge in [0.15, 0.2) is 0 Å². The summed E-state index contributed by atoms with van der Waals surface area (Å²) in [4.78, 5) is 27.0. The SMILES string of the molecule is Cc1c(NC(=O)c2ccccc2I)cccc1C(=O)N1CCCC1. The third kappa shape index (κ3) is 3.45. The van der Waals surface area contributed by atoms with Gasteiger partial charge < -0.3 is 10.2 Å². The van der Waals surface area contributed by atoms with Crippen molar-refractivity contribution in [2.45, 2.75) is 19.8 Å². The molecule has 0 aliphatic carbocycles. The van der Waals surface area contributed by atoms with E-state index in [9.17, 15) is 9.59 Å². The average molecular weight is 434 g/mol. The normalized spacial score (nSPS) is 13.8. The number of rotatable bonds is 3. The molecule has 2 amide bonds. The molecular weight excluding hydrogens is 415 g/mol. The lowest BCUT2D eigenvalue weighted by Crippen LogP contribution is -2.28. The van der Waals surface area contributed by atoms with E-state index in [-0.39, 0.29) is 11.8 Å². The molecule has 0 saturated carbocycles. The summed E-state index contributed by atoms with van der Waals surface area (Å²) in [5.41, 5.74) is 2.80. The summed E-state index contributed by atoms with van der Waals surface area (Å²) in [5.74, 6) is -0.107. The highest BCUT2D eigenvalue weighted by molar-refractivity contribution is 14.1. The van der Waals surface area contributed by atoms with E-state index in [4.69, 9.17) is 0 Å². The van der Waals surface area contributed by atoms with Gasteiger partial charge in [-0.05, 0) is 72.2 Å². The second-order valence-electron chi connectivity index (χ2n) is 5.91. The maximum Gasteiger partial charge on any atom is 0.256 e. The first kappa shape index (κ1) is 17.0. The molecule has 1 fully saturated rings. The van der Waals surface area contributed by atoms with Gasteiger partial charge in [-0.25, -0.2) is 0 Å². The van der Waals surface area contributed by atoms with Crippen LogP contribution in [0.25, 0.3) is 0 Å². The molecule has 0 radical (unpaired) electrons. The number of likely N-dealkylation sites (tertiary alicyclic amines) is 1. The molecule has 1 aliphatic heterocycles. The van der Waals surface area contributed by atoms with Crippen molar-refractivity contribution in [3.05, 3.63) is 62.7 Å². The fraction of sp³-hybridized carbons (Fsp3) is 0.263. The van der Waals surface area contributed by atoms with E-state index in [1.165, 1.54) is 0 Å². The molecule has 3 rings (SSSR count). The Labute approximate surface area is 155 Å². The zero-order valence-electron chi connectivity index (χ0n) is 13.5. The van der Waals surface area contributed by atoms with Gasteiger partial charge in [0.2, 0.25) is 0 Å². The Morgan fingerprint density at radius 1 is 1.00 bits per heavy atom. The molecule has 24 heavy (non-hydrogen) atoms. The van der Waals surface area contributed by atoms with Gasteiger partial charge in [-0.2, -0.15) is 0 Å². The van der Waals surface area contributed by atoms with Crippen LogP contribution in [0.1, 0.15) is 39.1 Å². The van der Waals surface area contributed by atoms with Crippen LogP contribution in [0.15, 0.2) is 42.5 Å². The molecule has 5 heteroatoms.